The molecule has 2 aromatic rings. The molecule has 0 bridgehead atoms. The standard InChI is InChI=1S/C18H16F3N3O4.C2H6O.C2H2/c1-2-23-3-4-24-8-11(15(25)16(26)14(24)18(23)28)17(27)22-7-10-12(20)5-9(19)6-13(10)21;1-2-3;1-2/h5-6,8,26H,2-4,7H2,1H3,(H,22,27);3H,2H2,1H3;1-2H. The van der Waals surface area contributed by atoms with E-state index in [1.807, 2.05) is 0 Å². The number of fused-ring (bicyclic) bond motifs is 1. The number of amides is 2. The van der Waals surface area contributed by atoms with Crippen LogP contribution in [0.25, 0.3) is 0 Å². The second-order valence-corrected chi connectivity index (χ2v) is 6.49. The number of benzene rings is 1. The fraction of sp³-hybridized carbons (Fsp3) is 0.318. The number of aliphatic hydroxyl groups is 1. The number of aromatic nitrogens is 1. The van der Waals surface area contributed by atoms with E-state index in [9.17, 15) is 32.7 Å². The van der Waals surface area contributed by atoms with E-state index in [2.05, 4.69) is 18.2 Å². The Balaban J connectivity index is 0.00000101. The van der Waals surface area contributed by atoms with Gasteiger partial charge in [0.2, 0.25) is 5.43 Å². The molecule has 0 saturated heterocycles. The minimum absolute atomic E-state index is 0.217. The molecule has 0 radical (unpaired) electrons. The minimum atomic E-state index is -1.19. The molecule has 178 valence electrons. The summed E-state index contributed by atoms with van der Waals surface area (Å²) in [5.41, 5.74) is -2.35. The SMILES string of the molecule is C#C.CCN1CCn2cc(C(=O)NCc3c(F)cc(F)cc3F)c(=O)c(O)c2C1=O.CCO. The lowest BCUT2D eigenvalue weighted by Crippen LogP contribution is -2.42. The van der Waals surface area contributed by atoms with Gasteiger partial charge in [0.15, 0.2) is 11.4 Å². The zero-order valence-electron chi connectivity index (χ0n) is 18.1. The van der Waals surface area contributed by atoms with Gasteiger partial charge in [0.25, 0.3) is 11.8 Å². The van der Waals surface area contributed by atoms with Crippen LogP contribution in [0.5, 0.6) is 5.75 Å². The molecule has 0 spiro atoms. The number of nitrogens with zero attached hydrogens (tertiary/aromatic N) is 2. The number of carbonyl (C=O) groups excluding carboxylic acids is 2. The van der Waals surface area contributed by atoms with Crippen molar-refractivity contribution >= 4 is 11.8 Å². The van der Waals surface area contributed by atoms with E-state index >= 15 is 0 Å². The maximum Gasteiger partial charge on any atom is 0.274 e. The van der Waals surface area contributed by atoms with Gasteiger partial charge in [-0.2, -0.15) is 0 Å². The number of likely N-dealkylation sites (N-methyl/N-ethyl adjacent to an activating group) is 1. The molecule has 33 heavy (non-hydrogen) atoms. The summed E-state index contributed by atoms with van der Waals surface area (Å²) in [5, 5.41) is 19.9. The normalized spacial score (nSPS) is 12.0. The van der Waals surface area contributed by atoms with Crippen molar-refractivity contribution in [3.8, 4) is 18.6 Å². The van der Waals surface area contributed by atoms with Crippen LogP contribution in [0.1, 0.15) is 40.3 Å². The van der Waals surface area contributed by atoms with Gasteiger partial charge in [-0.3, -0.25) is 14.4 Å². The largest absolute Gasteiger partial charge is 0.503 e. The number of hydrogen-bond acceptors (Lipinski definition) is 5. The van der Waals surface area contributed by atoms with E-state index < -0.39 is 58.1 Å². The molecule has 0 aliphatic carbocycles. The van der Waals surface area contributed by atoms with E-state index in [0.29, 0.717) is 25.2 Å². The van der Waals surface area contributed by atoms with E-state index in [4.69, 9.17) is 5.11 Å². The third-order valence-corrected chi connectivity index (χ3v) is 4.51. The molecular formula is C22H24F3N3O5. The Labute approximate surface area is 188 Å². The molecule has 0 atom stereocenters. The van der Waals surface area contributed by atoms with Crippen LogP contribution in [0, 0.1) is 30.3 Å². The predicted octanol–water partition coefficient (Wildman–Crippen LogP) is 1.62. The highest BCUT2D eigenvalue weighted by Crippen LogP contribution is 2.20. The number of pyridine rings is 1. The maximum absolute atomic E-state index is 13.7. The number of terminal acetylenes is 1. The third-order valence-electron chi connectivity index (χ3n) is 4.51. The van der Waals surface area contributed by atoms with Crippen molar-refractivity contribution in [2.45, 2.75) is 26.9 Å². The van der Waals surface area contributed by atoms with Crippen molar-refractivity contribution in [3.05, 3.63) is 62.8 Å². The smallest absolute Gasteiger partial charge is 0.274 e. The van der Waals surface area contributed by atoms with Crippen molar-refractivity contribution in [1.82, 2.24) is 14.8 Å². The Kier molecular flexibility index (Phi) is 10.2. The second kappa shape index (κ2) is 12.3. The number of aliphatic hydroxyl groups excluding tert-OH is 1. The van der Waals surface area contributed by atoms with Gasteiger partial charge in [-0.05, 0) is 13.8 Å². The molecule has 2 heterocycles. The Hall–Kier alpha value is -3.78. The molecule has 1 aromatic heterocycles. The quantitative estimate of drug-likeness (QED) is 0.592. The summed E-state index contributed by atoms with van der Waals surface area (Å²) in [6.07, 6.45) is 9.12. The zero-order valence-corrected chi connectivity index (χ0v) is 18.1. The van der Waals surface area contributed by atoms with Crippen molar-refractivity contribution in [1.29, 1.82) is 0 Å². The fourth-order valence-electron chi connectivity index (χ4n) is 3.00. The molecule has 2 amide bonds. The fourth-order valence-corrected chi connectivity index (χ4v) is 3.00. The average molecular weight is 467 g/mol. The molecule has 3 N–H and O–H groups in total. The van der Waals surface area contributed by atoms with Crippen LogP contribution in [0.15, 0.2) is 23.1 Å². The molecule has 0 unspecified atom stereocenters. The number of carbonyl (C=O) groups is 2. The molecule has 11 heteroatoms. The monoisotopic (exact) mass is 467 g/mol. The summed E-state index contributed by atoms with van der Waals surface area (Å²) in [7, 11) is 0. The second-order valence-electron chi connectivity index (χ2n) is 6.49. The van der Waals surface area contributed by atoms with Gasteiger partial charge in [0.05, 0.1) is 0 Å². The van der Waals surface area contributed by atoms with Gasteiger partial charge in [0, 0.05) is 56.7 Å². The van der Waals surface area contributed by atoms with Crippen LogP contribution in [-0.2, 0) is 13.1 Å². The molecular weight excluding hydrogens is 443 g/mol. The number of halogens is 3. The first-order valence-electron chi connectivity index (χ1n) is 9.77. The van der Waals surface area contributed by atoms with Crippen LogP contribution >= 0.6 is 0 Å². The Bertz CT molecular complexity index is 1080. The minimum Gasteiger partial charge on any atom is -0.503 e. The van der Waals surface area contributed by atoms with E-state index in [1.165, 1.54) is 9.47 Å². The predicted molar refractivity (Wildman–Crippen MR) is 114 cm³/mol. The maximum atomic E-state index is 13.7. The topological polar surface area (TPSA) is 112 Å². The van der Waals surface area contributed by atoms with Crippen LogP contribution in [0.2, 0.25) is 0 Å². The summed E-state index contributed by atoms with van der Waals surface area (Å²) in [4.78, 5) is 38.4. The lowest BCUT2D eigenvalue weighted by Gasteiger charge is -2.29. The van der Waals surface area contributed by atoms with Crippen LogP contribution in [0.3, 0.4) is 0 Å². The summed E-state index contributed by atoms with van der Waals surface area (Å²) in [6, 6.07) is 0.935. The number of nitrogens with one attached hydrogen (secondary N) is 1. The lowest BCUT2D eigenvalue weighted by atomic mass is 10.1. The Morgan fingerprint density at radius 3 is 2.18 bits per heavy atom. The van der Waals surface area contributed by atoms with E-state index in [1.54, 1.807) is 13.8 Å². The van der Waals surface area contributed by atoms with Gasteiger partial charge in [-0.15, -0.1) is 12.8 Å². The molecule has 1 aliphatic rings. The van der Waals surface area contributed by atoms with Crippen LogP contribution in [0.4, 0.5) is 13.2 Å². The van der Waals surface area contributed by atoms with Crippen molar-refractivity contribution in [2.75, 3.05) is 19.7 Å². The van der Waals surface area contributed by atoms with Crippen LogP contribution in [-0.4, -0.2) is 51.2 Å². The summed E-state index contributed by atoms with van der Waals surface area (Å²) < 4.78 is 41.6. The molecule has 3 rings (SSSR count). The lowest BCUT2D eigenvalue weighted by molar-refractivity contribution is 0.0705. The average Bonchev–Trinajstić information content (AvgIpc) is 2.77. The van der Waals surface area contributed by atoms with Crippen molar-refractivity contribution in [2.24, 2.45) is 0 Å². The Morgan fingerprint density at radius 1 is 1.12 bits per heavy atom. The van der Waals surface area contributed by atoms with E-state index in [-0.39, 0.29) is 18.8 Å². The molecule has 1 aliphatic heterocycles. The van der Waals surface area contributed by atoms with Gasteiger partial charge < -0.3 is 25.0 Å². The summed E-state index contributed by atoms with van der Waals surface area (Å²) >= 11 is 0. The molecule has 0 saturated carbocycles. The zero-order chi connectivity index (χ0) is 25.3. The number of hydrogen-bond donors (Lipinski definition) is 3. The summed E-state index contributed by atoms with van der Waals surface area (Å²) in [5.74, 6) is -5.88. The van der Waals surface area contributed by atoms with Gasteiger partial charge in [0.1, 0.15) is 23.0 Å². The summed E-state index contributed by atoms with van der Waals surface area (Å²) in [6.45, 7) is 4.02. The van der Waals surface area contributed by atoms with Gasteiger partial charge in [-0.25, -0.2) is 13.2 Å². The van der Waals surface area contributed by atoms with Crippen molar-refractivity contribution in [3.63, 3.8) is 0 Å². The highest BCUT2D eigenvalue weighted by molar-refractivity contribution is 5.99. The first-order valence-corrected chi connectivity index (χ1v) is 9.77. The molecule has 8 nitrogen and oxygen atoms in total. The van der Waals surface area contributed by atoms with Gasteiger partial charge >= 0.3 is 0 Å². The van der Waals surface area contributed by atoms with Crippen molar-refractivity contribution < 1.29 is 33.0 Å². The molecule has 0 fully saturated rings. The van der Waals surface area contributed by atoms with E-state index in [0.717, 1.165) is 6.20 Å². The number of aromatic hydroxyl groups is 1. The Morgan fingerprint density at radius 2 is 1.67 bits per heavy atom. The molecule has 1 aromatic carbocycles. The first-order chi connectivity index (χ1) is 15.7. The van der Waals surface area contributed by atoms with Gasteiger partial charge in [-0.1, -0.05) is 0 Å². The van der Waals surface area contributed by atoms with Crippen LogP contribution < -0.4 is 10.7 Å². The highest BCUT2D eigenvalue weighted by atomic mass is 19.1. The highest BCUT2D eigenvalue weighted by Gasteiger charge is 2.30. The first kappa shape index (κ1) is 27.3. The third kappa shape index (κ3) is 6.14. The number of rotatable bonds is 4.